The van der Waals surface area contributed by atoms with Crippen LogP contribution >= 0.6 is 0 Å². The molecule has 4 nitrogen and oxygen atoms in total. The van der Waals surface area contributed by atoms with E-state index in [0.29, 0.717) is 23.3 Å². The Bertz CT molecular complexity index is 876. The van der Waals surface area contributed by atoms with Crippen LogP contribution in [0.5, 0.6) is 5.75 Å². The van der Waals surface area contributed by atoms with Crippen LogP contribution < -0.4 is 10.1 Å². The highest BCUT2D eigenvalue weighted by Crippen LogP contribution is 2.43. The van der Waals surface area contributed by atoms with Gasteiger partial charge >= 0.3 is 0 Å². The van der Waals surface area contributed by atoms with E-state index < -0.39 is 9.84 Å². The minimum Gasteiger partial charge on any atom is -0.493 e. The summed E-state index contributed by atoms with van der Waals surface area (Å²) in [5.41, 5.74) is 3.11. The van der Waals surface area contributed by atoms with Crippen LogP contribution in [0.2, 0.25) is 0 Å². The first kappa shape index (κ1) is 15.7. The highest BCUT2D eigenvalue weighted by molar-refractivity contribution is 7.90. The fraction of sp³-hybridized carbons (Fsp3) is 0.368. The van der Waals surface area contributed by atoms with Crippen LogP contribution in [0, 0.1) is 5.92 Å². The Morgan fingerprint density at radius 1 is 1.12 bits per heavy atom. The van der Waals surface area contributed by atoms with Gasteiger partial charge in [-0.2, -0.15) is 0 Å². The number of benzene rings is 2. The van der Waals surface area contributed by atoms with Gasteiger partial charge < -0.3 is 10.1 Å². The van der Waals surface area contributed by atoms with Crippen molar-refractivity contribution in [2.24, 2.45) is 5.92 Å². The number of nitrogens with one attached hydrogen (secondary N) is 1. The lowest BCUT2D eigenvalue weighted by atomic mass is 9.86. The molecule has 0 spiro atoms. The molecule has 4 rings (SSSR count). The smallest absolute Gasteiger partial charge is 0.175 e. The van der Waals surface area contributed by atoms with Crippen LogP contribution in [0.25, 0.3) is 11.1 Å². The maximum absolute atomic E-state index is 11.9. The van der Waals surface area contributed by atoms with Crippen molar-refractivity contribution in [3.8, 4) is 16.9 Å². The summed E-state index contributed by atoms with van der Waals surface area (Å²) in [6.07, 6.45) is 2.29. The Labute approximate surface area is 142 Å². The number of fused-ring (bicyclic) bond motifs is 3. The highest BCUT2D eigenvalue weighted by atomic mass is 32.2. The summed E-state index contributed by atoms with van der Waals surface area (Å²) in [5, 5.41) is 3.49. The van der Waals surface area contributed by atoms with Crippen molar-refractivity contribution in [1.29, 1.82) is 0 Å². The van der Waals surface area contributed by atoms with E-state index in [1.54, 1.807) is 18.2 Å². The zero-order chi connectivity index (χ0) is 16.7. The van der Waals surface area contributed by atoms with Gasteiger partial charge in [0.2, 0.25) is 0 Å². The van der Waals surface area contributed by atoms with Crippen LogP contribution in [0.4, 0.5) is 0 Å². The molecule has 2 aliphatic heterocycles. The van der Waals surface area contributed by atoms with Gasteiger partial charge in [0.25, 0.3) is 0 Å². The van der Waals surface area contributed by atoms with E-state index in [9.17, 15) is 8.42 Å². The van der Waals surface area contributed by atoms with Gasteiger partial charge in [-0.1, -0.05) is 30.3 Å². The van der Waals surface area contributed by atoms with E-state index in [1.807, 2.05) is 18.2 Å². The minimum absolute atomic E-state index is 0.339. The van der Waals surface area contributed by atoms with Crippen molar-refractivity contribution in [3.05, 3.63) is 48.0 Å². The molecule has 126 valence electrons. The van der Waals surface area contributed by atoms with Gasteiger partial charge in [0.05, 0.1) is 11.5 Å². The van der Waals surface area contributed by atoms with Crippen molar-refractivity contribution in [2.75, 3.05) is 26.0 Å². The SMILES string of the molecule is CS(=O)(=O)c1cccc(-c2cccc3c2OCC[C@H]2CNC[C@H]32)c1. The normalized spacial score (nSPS) is 23.0. The average molecular weight is 343 g/mol. The van der Waals surface area contributed by atoms with Gasteiger partial charge in [0.15, 0.2) is 9.84 Å². The van der Waals surface area contributed by atoms with Gasteiger partial charge in [-0.3, -0.25) is 0 Å². The van der Waals surface area contributed by atoms with Gasteiger partial charge in [0, 0.05) is 24.3 Å². The molecule has 0 aliphatic carbocycles. The summed E-state index contributed by atoms with van der Waals surface area (Å²) < 4.78 is 29.9. The van der Waals surface area contributed by atoms with Gasteiger partial charge in [-0.05, 0) is 42.1 Å². The molecule has 2 atom stereocenters. The van der Waals surface area contributed by atoms with Crippen molar-refractivity contribution in [1.82, 2.24) is 5.32 Å². The quantitative estimate of drug-likeness (QED) is 0.911. The molecule has 1 N–H and O–H groups in total. The van der Waals surface area contributed by atoms with Gasteiger partial charge in [-0.25, -0.2) is 8.42 Å². The lowest BCUT2D eigenvalue weighted by molar-refractivity contribution is 0.297. The number of rotatable bonds is 2. The summed E-state index contributed by atoms with van der Waals surface area (Å²) >= 11 is 0. The van der Waals surface area contributed by atoms with E-state index >= 15 is 0 Å². The molecule has 2 heterocycles. The van der Waals surface area contributed by atoms with E-state index in [4.69, 9.17) is 4.74 Å². The molecule has 0 radical (unpaired) electrons. The van der Waals surface area contributed by atoms with Crippen molar-refractivity contribution >= 4 is 9.84 Å². The van der Waals surface area contributed by atoms with E-state index in [1.165, 1.54) is 11.8 Å². The van der Waals surface area contributed by atoms with Gasteiger partial charge in [-0.15, -0.1) is 0 Å². The summed E-state index contributed by atoms with van der Waals surface area (Å²) in [5.74, 6) is 2.00. The molecule has 2 aromatic rings. The first-order valence-corrected chi connectivity index (χ1v) is 10.2. The van der Waals surface area contributed by atoms with Crippen molar-refractivity contribution in [2.45, 2.75) is 17.2 Å². The standard InChI is InChI=1S/C19H21NO3S/c1-24(21,22)15-5-2-4-13(10-15)16-6-3-7-17-18-12-20-11-14(18)8-9-23-19(16)17/h2-7,10,14,18,20H,8-9,11-12H2,1H3/t14-,18-/m0/s1. The maximum Gasteiger partial charge on any atom is 0.175 e. The van der Waals surface area contributed by atoms with Crippen molar-refractivity contribution < 1.29 is 13.2 Å². The minimum atomic E-state index is -3.23. The number of sulfone groups is 1. The zero-order valence-electron chi connectivity index (χ0n) is 13.7. The predicted octanol–water partition coefficient (Wildman–Crippen LogP) is 2.84. The molecule has 0 bridgehead atoms. The summed E-state index contributed by atoms with van der Waals surface area (Å²) in [7, 11) is -3.23. The second kappa shape index (κ2) is 5.90. The maximum atomic E-state index is 11.9. The molecule has 1 fully saturated rings. The third-order valence-electron chi connectivity index (χ3n) is 5.09. The number of ether oxygens (including phenoxy) is 1. The number of hydrogen-bond acceptors (Lipinski definition) is 4. The molecule has 0 aromatic heterocycles. The second-order valence-corrected chi connectivity index (χ2v) is 8.70. The molecule has 2 aliphatic rings. The molecule has 2 aromatic carbocycles. The molecule has 1 saturated heterocycles. The molecule has 5 heteroatoms. The van der Waals surface area contributed by atoms with Crippen LogP contribution in [0.15, 0.2) is 47.4 Å². The van der Waals surface area contributed by atoms with Crippen LogP contribution in [0.1, 0.15) is 17.9 Å². The Kier molecular flexibility index (Phi) is 3.85. The van der Waals surface area contributed by atoms with E-state index in [-0.39, 0.29) is 0 Å². The largest absolute Gasteiger partial charge is 0.493 e. The fourth-order valence-corrected chi connectivity index (χ4v) is 4.51. The molecule has 0 amide bonds. The summed E-state index contributed by atoms with van der Waals surface area (Å²) in [6, 6.07) is 13.3. The lowest BCUT2D eigenvalue weighted by Gasteiger charge is -2.18. The Hall–Kier alpha value is -1.85. The van der Waals surface area contributed by atoms with Crippen LogP contribution in [0.3, 0.4) is 0 Å². The monoisotopic (exact) mass is 343 g/mol. The Morgan fingerprint density at radius 2 is 1.96 bits per heavy atom. The zero-order valence-corrected chi connectivity index (χ0v) is 14.5. The van der Waals surface area contributed by atoms with Crippen molar-refractivity contribution in [3.63, 3.8) is 0 Å². The highest BCUT2D eigenvalue weighted by Gasteiger charge is 2.33. The Morgan fingerprint density at radius 3 is 2.79 bits per heavy atom. The van der Waals surface area contributed by atoms with Gasteiger partial charge in [0.1, 0.15) is 5.75 Å². The number of para-hydroxylation sites is 1. The molecule has 0 unspecified atom stereocenters. The average Bonchev–Trinajstić information content (AvgIpc) is 2.95. The lowest BCUT2D eigenvalue weighted by Crippen LogP contribution is -2.11. The van der Waals surface area contributed by atoms with Crippen LogP contribution in [-0.4, -0.2) is 34.4 Å². The molecule has 24 heavy (non-hydrogen) atoms. The fourth-order valence-electron chi connectivity index (χ4n) is 3.84. The first-order valence-electron chi connectivity index (χ1n) is 8.31. The third kappa shape index (κ3) is 2.72. The van der Waals surface area contributed by atoms with E-state index in [0.717, 1.165) is 36.4 Å². The molecule has 0 saturated carbocycles. The van der Waals surface area contributed by atoms with E-state index in [2.05, 4.69) is 11.4 Å². The second-order valence-electron chi connectivity index (χ2n) is 6.69. The number of hydrogen-bond donors (Lipinski definition) is 1. The summed E-state index contributed by atoms with van der Waals surface area (Å²) in [6.45, 7) is 2.73. The summed E-state index contributed by atoms with van der Waals surface area (Å²) in [4.78, 5) is 0.339. The topological polar surface area (TPSA) is 55.4 Å². The Balaban J connectivity index is 1.85. The van der Waals surface area contributed by atoms with Crippen LogP contribution in [-0.2, 0) is 9.84 Å². The third-order valence-corrected chi connectivity index (χ3v) is 6.20. The first-order chi connectivity index (χ1) is 11.5. The molecular weight excluding hydrogens is 322 g/mol. The molecular formula is C19H21NO3S. The predicted molar refractivity (Wildman–Crippen MR) is 94.2 cm³/mol.